The number of anilines is 2. The van der Waals surface area contributed by atoms with Gasteiger partial charge in [-0.25, -0.2) is 0 Å². The van der Waals surface area contributed by atoms with Gasteiger partial charge in [-0.2, -0.15) is 0 Å². The Morgan fingerprint density at radius 2 is 2.07 bits per heavy atom. The fourth-order valence-electron chi connectivity index (χ4n) is 3.74. The van der Waals surface area contributed by atoms with Crippen molar-refractivity contribution in [3.63, 3.8) is 0 Å². The molecule has 3 heterocycles. The minimum absolute atomic E-state index is 0.180. The van der Waals surface area contributed by atoms with E-state index in [1.54, 1.807) is 31.3 Å². The number of aromatic nitrogens is 2. The number of likely N-dealkylation sites (N-methyl/N-ethyl adjacent to an activating group) is 1. The molecule has 0 spiro atoms. The Morgan fingerprint density at radius 3 is 2.85 bits per heavy atom. The number of amides is 3. The normalized spacial score (nSPS) is 21.3. The molecule has 1 saturated heterocycles. The van der Waals surface area contributed by atoms with E-state index >= 15 is 0 Å². The van der Waals surface area contributed by atoms with Gasteiger partial charge in [0.2, 0.25) is 16.7 Å². The zero-order valence-corrected chi connectivity index (χ0v) is 15.9. The van der Waals surface area contributed by atoms with Crippen molar-refractivity contribution >= 4 is 39.9 Å². The van der Waals surface area contributed by atoms with E-state index in [0.29, 0.717) is 16.4 Å². The highest BCUT2D eigenvalue weighted by Crippen LogP contribution is 2.44. The summed E-state index contributed by atoms with van der Waals surface area (Å²) in [5.41, 5.74) is -0.499. The molecule has 3 amide bonds. The number of aryl methyl sites for hydroxylation is 1. The van der Waals surface area contributed by atoms with Gasteiger partial charge in [-0.15, -0.1) is 10.2 Å². The van der Waals surface area contributed by atoms with E-state index in [1.165, 1.54) is 21.1 Å². The van der Waals surface area contributed by atoms with Gasteiger partial charge in [-0.05, 0) is 18.6 Å². The minimum atomic E-state index is -1.39. The molecule has 0 unspecified atom stereocenters. The Hall–Kier alpha value is -2.81. The highest BCUT2D eigenvalue weighted by Gasteiger charge is 2.59. The molecular weight excluding hydrogens is 366 g/mol. The molecule has 2 aliphatic heterocycles. The van der Waals surface area contributed by atoms with Crippen molar-refractivity contribution in [3.05, 3.63) is 34.8 Å². The molecule has 27 heavy (non-hydrogen) atoms. The van der Waals surface area contributed by atoms with E-state index in [4.69, 9.17) is 0 Å². The van der Waals surface area contributed by atoms with E-state index in [0.717, 1.165) is 17.8 Å². The van der Waals surface area contributed by atoms with Gasteiger partial charge in [0.05, 0.1) is 11.3 Å². The zero-order chi connectivity index (χ0) is 19.2. The van der Waals surface area contributed by atoms with Crippen LogP contribution in [0, 0.1) is 0 Å². The molecule has 0 bridgehead atoms. The maximum atomic E-state index is 13.3. The van der Waals surface area contributed by atoms with Crippen molar-refractivity contribution in [2.45, 2.75) is 38.3 Å². The lowest BCUT2D eigenvalue weighted by Gasteiger charge is -2.47. The summed E-state index contributed by atoms with van der Waals surface area (Å²) in [6.07, 6.45) is 2.14. The van der Waals surface area contributed by atoms with Crippen LogP contribution in [0.2, 0.25) is 0 Å². The van der Waals surface area contributed by atoms with Gasteiger partial charge in [0.25, 0.3) is 11.8 Å². The molecule has 1 N–H and O–H groups in total. The van der Waals surface area contributed by atoms with Crippen LogP contribution in [0.5, 0.6) is 0 Å². The number of hydrogen-bond donors (Lipinski definition) is 1. The number of hydrogen-bond acceptors (Lipinski definition) is 6. The first kappa shape index (κ1) is 17.6. The van der Waals surface area contributed by atoms with E-state index < -0.39 is 11.6 Å². The van der Waals surface area contributed by atoms with Crippen molar-refractivity contribution in [3.8, 4) is 0 Å². The Labute approximate surface area is 160 Å². The van der Waals surface area contributed by atoms with Gasteiger partial charge < -0.3 is 4.90 Å². The maximum Gasteiger partial charge on any atom is 0.273 e. The van der Waals surface area contributed by atoms with Gasteiger partial charge in [0.1, 0.15) is 5.01 Å². The zero-order valence-electron chi connectivity index (χ0n) is 15.1. The second-order valence-electron chi connectivity index (χ2n) is 6.63. The summed E-state index contributed by atoms with van der Waals surface area (Å²) in [6, 6.07) is 6.88. The fraction of sp³-hybridized carbons (Fsp3) is 0.389. The standard InChI is InChI=1S/C18H19N5O3S/c1-3-6-13-20-21-17(27-13)19-16(26)18-10-9-14(24)23(18)12-8-5-4-7-11(12)15(25)22(18)2/h4-5,7-8H,3,6,9-10H2,1-2H3,(H,19,21,26)/t18-/m0/s1. The van der Waals surface area contributed by atoms with Crippen LogP contribution in [0.25, 0.3) is 0 Å². The van der Waals surface area contributed by atoms with Gasteiger partial charge in [-0.3, -0.25) is 24.6 Å². The molecule has 2 aliphatic rings. The quantitative estimate of drug-likeness (QED) is 0.869. The summed E-state index contributed by atoms with van der Waals surface area (Å²) < 4.78 is 0. The van der Waals surface area contributed by atoms with Crippen molar-refractivity contribution in [2.24, 2.45) is 0 Å². The van der Waals surface area contributed by atoms with Crippen LogP contribution >= 0.6 is 11.3 Å². The second-order valence-corrected chi connectivity index (χ2v) is 7.69. The van der Waals surface area contributed by atoms with Crippen LogP contribution in [0.3, 0.4) is 0 Å². The third kappa shape index (κ3) is 2.53. The Kier molecular flexibility index (Phi) is 4.18. The van der Waals surface area contributed by atoms with Gasteiger partial charge in [0, 0.05) is 26.3 Å². The Bertz CT molecular complexity index is 943. The van der Waals surface area contributed by atoms with E-state index in [-0.39, 0.29) is 24.7 Å². The van der Waals surface area contributed by atoms with Crippen LogP contribution in [0.1, 0.15) is 41.6 Å². The molecule has 2 aromatic rings. The lowest BCUT2D eigenvalue weighted by Crippen LogP contribution is -2.68. The molecule has 4 rings (SSSR count). The number of carbonyl (C=O) groups excluding carboxylic acids is 3. The molecule has 0 saturated carbocycles. The number of benzene rings is 1. The monoisotopic (exact) mass is 385 g/mol. The van der Waals surface area contributed by atoms with Crippen LogP contribution in [0.15, 0.2) is 24.3 Å². The lowest BCUT2D eigenvalue weighted by atomic mass is 9.96. The number of para-hydroxylation sites is 1. The molecule has 1 aromatic heterocycles. The van der Waals surface area contributed by atoms with E-state index in [2.05, 4.69) is 15.5 Å². The Balaban J connectivity index is 1.74. The van der Waals surface area contributed by atoms with Gasteiger partial charge in [-0.1, -0.05) is 30.4 Å². The first-order chi connectivity index (χ1) is 13.0. The highest BCUT2D eigenvalue weighted by molar-refractivity contribution is 7.15. The summed E-state index contributed by atoms with van der Waals surface area (Å²) in [5.74, 6) is -0.908. The van der Waals surface area contributed by atoms with Crippen LogP contribution in [-0.2, 0) is 16.0 Å². The van der Waals surface area contributed by atoms with Crippen molar-refractivity contribution < 1.29 is 14.4 Å². The topological polar surface area (TPSA) is 95.5 Å². The first-order valence-corrected chi connectivity index (χ1v) is 9.64. The molecular formula is C18H19N5O3S. The number of rotatable bonds is 4. The van der Waals surface area contributed by atoms with Crippen molar-refractivity contribution in [1.29, 1.82) is 0 Å². The summed E-state index contributed by atoms with van der Waals surface area (Å²) in [6.45, 7) is 2.04. The molecule has 0 aliphatic carbocycles. The summed E-state index contributed by atoms with van der Waals surface area (Å²) in [5, 5.41) is 12.1. The average molecular weight is 385 g/mol. The summed E-state index contributed by atoms with van der Waals surface area (Å²) in [7, 11) is 1.56. The summed E-state index contributed by atoms with van der Waals surface area (Å²) in [4.78, 5) is 41.7. The third-order valence-electron chi connectivity index (χ3n) is 5.06. The largest absolute Gasteiger partial charge is 0.310 e. The molecule has 8 nitrogen and oxygen atoms in total. The first-order valence-electron chi connectivity index (χ1n) is 8.83. The smallest absolute Gasteiger partial charge is 0.273 e. The highest BCUT2D eigenvalue weighted by atomic mass is 32.1. The maximum absolute atomic E-state index is 13.3. The van der Waals surface area contributed by atoms with Crippen LogP contribution < -0.4 is 10.2 Å². The summed E-state index contributed by atoms with van der Waals surface area (Å²) >= 11 is 1.31. The van der Waals surface area contributed by atoms with E-state index in [1.807, 2.05) is 6.92 Å². The van der Waals surface area contributed by atoms with Gasteiger partial charge in [0.15, 0.2) is 0 Å². The lowest BCUT2D eigenvalue weighted by molar-refractivity contribution is -0.128. The molecule has 1 aromatic carbocycles. The van der Waals surface area contributed by atoms with E-state index in [9.17, 15) is 14.4 Å². The SMILES string of the molecule is CCCc1nnc(NC(=O)[C@]23CCC(=O)N2c2ccccc2C(=O)N3C)s1. The van der Waals surface area contributed by atoms with Crippen molar-refractivity contribution in [2.75, 3.05) is 17.3 Å². The molecule has 0 radical (unpaired) electrons. The molecule has 140 valence electrons. The fourth-order valence-corrected chi connectivity index (χ4v) is 4.58. The number of nitrogens with one attached hydrogen (secondary N) is 1. The number of fused-ring (bicyclic) bond motifs is 3. The predicted octanol–water partition coefficient (Wildman–Crippen LogP) is 2.04. The third-order valence-corrected chi connectivity index (χ3v) is 5.95. The molecule has 9 heteroatoms. The predicted molar refractivity (Wildman–Crippen MR) is 101 cm³/mol. The van der Waals surface area contributed by atoms with Crippen LogP contribution in [-0.4, -0.2) is 45.5 Å². The second kappa shape index (κ2) is 6.41. The average Bonchev–Trinajstić information content (AvgIpc) is 3.25. The minimum Gasteiger partial charge on any atom is -0.310 e. The van der Waals surface area contributed by atoms with Gasteiger partial charge >= 0.3 is 0 Å². The molecule has 1 atom stereocenters. The van der Waals surface area contributed by atoms with Crippen molar-refractivity contribution in [1.82, 2.24) is 15.1 Å². The number of carbonyl (C=O) groups is 3. The Morgan fingerprint density at radius 1 is 1.30 bits per heavy atom. The number of nitrogens with zero attached hydrogens (tertiary/aromatic N) is 4. The van der Waals surface area contributed by atoms with Crippen LogP contribution in [0.4, 0.5) is 10.8 Å². The molecule has 1 fully saturated rings.